The van der Waals surface area contributed by atoms with Gasteiger partial charge in [-0.05, 0) is 32.7 Å². The summed E-state index contributed by atoms with van der Waals surface area (Å²) in [6.07, 6.45) is 16.4. The highest BCUT2D eigenvalue weighted by molar-refractivity contribution is 5.02. The third-order valence-corrected chi connectivity index (χ3v) is 5.45. The number of hydrogen-bond acceptors (Lipinski definition) is 3. The Labute approximate surface area is 122 Å². The minimum Gasteiger partial charge on any atom is -0.314 e. The molecule has 20 heavy (non-hydrogen) atoms. The summed E-state index contributed by atoms with van der Waals surface area (Å²) >= 11 is 0. The smallest absolute Gasteiger partial charge is 0.134 e. The van der Waals surface area contributed by atoms with E-state index in [1.54, 1.807) is 0 Å². The molecule has 0 bridgehead atoms. The summed E-state index contributed by atoms with van der Waals surface area (Å²) in [4.78, 5) is 0. The fourth-order valence-electron chi connectivity index (χ4n) is 4.10. The third-order valence-electron chi connectivity index (χ3n) is 5.45. The Morgan fingerprint density at radius 3 is 2.55 bits per heavy atom. The maximum absolute atomic E-state index is 4.45. The van der Waals surface area contributed by atoms with Gasteiger partial charge >= 0.3 is 0 Å². The van der Waals surface area contributed by atoms with E-state index in [0.29, 0.717) is 6.04 Å². The van der Waals surface area contributed by atoms with Crippen LogP contribution in [-0.2, 0) is 6.42 Å². The molecule has 1 aromatic rings. The predicted octanol–water partition coefficient (Wildman–Crippen LogP) is 3.25. The number of hydrogen-bond donors (Lipinski definition) is 1. The SMILES string of the molecule is CNC1(Cc2nncn2C2CCCCC2)CCCCC1. The van der Waals surface area contributed by atoms with Crippen LogP contribution in [0.3, 0.4) is 0 Å². The van der Waals surface area contributed by atoms with E-state index < -0.39 is 0 Å². The molecule has 1 aromatic heterocycles. The van der Waals surface area contributed by atoms with E-state index in [2.05, 4.69) is 27.1 Å². The molecule has 4 heteroatoms. The van der Waals surface area contributed by atoms with Crippen LogP contribution in [0.4, 0.5) is 0 Å². The fourth-order valence-corrected chi connectivity index (χ4v) is 4.10. The minimum atomic E-state index is 0.262. The van der Waals surface area contributed by atoms with Crippen LogP contribution in [0.15, 0.2) is 6.33 Å². The standard InChI is InChI=1S/C16H28N4/c1-17-16(10-6-3-7-11-16)12-15-19-18-13-20(15)14-8-4-2-5-9-14/h13-14,17H,2-12H2,1H3. The Kier molecular flexibility index (Phi) is 4.39. The summed E-state index contributed by atoms with van der Waals surface area (Å²) in [6.45, 7) is 0. The predicted molar refractivity (Wildman–Crippen MR) is 80.7 cm³/mol. The number of nitrogens with zero attached hydrogens (tertiary/aromatic N) is 3. The molecular formula is C16H28N4. The molecule has 4 nitrogen and oxygen atoms in total. The van der Waals surface area contributed by atoms with Crippen molar-refractivity contribution in [2.45, 2.75) is 82.2 Å². The van der Waals surface area contributed by atoms with Crippen LogP contribution in [0.2, 0.25) is 0 Å². The van der Waals surface area contributed by atoms with Gasteiger partial charge in [-0.15, -0.1) is 10.2 Å². The highest BCUT2D eigenvalue weighted by Crippen LogP contribution is 2.33. The molecule has 0 amide bonds. The monoisotopic (exact) mass is 276 g/mol. The van der Waals surface area contributed by atoms with Gasteiger partial charge in [0.2, 0.25) is 0 Å². The van der Waals surface area contributed by atoms with Gasteiger partial charge < -0.3 is 9.88 Å². The van der Waals surface area contributed by atoms with Gasteiger partial charge in [0.25, 0.3) is 0 Å². The normalized spacial score (nSPS) is 23.9. The molecule has 2 aliphatic carbocycles. The zero-order valence-corrected chi connectivity index (χ0v) is 12.8. The summed E-state index contributed by atoms with van der Waals surface area (Å²) < 4.78 is 2.38. The van der Waals surface area contributed by atoms with E-state index in [1.807, 2.05) is 6.33 Å². The lowest BCUT2D eigenvalue weighted by molar-refractivity contribution is 0.234. The molecule has 0 saturated heterocycles. The van der Waals surface area contributed by atoms with Crippen LogP contribution in [0.5, 0.6) is 0 Å². The van der Waals surface area contributed by atoms with Gasteiger partial charge in [0.05, 0.1) is 0 Å². The molecule has 0 radical (unpaired) electrons. The van der Waals surface area contributed by atoms with E-state index in [9.17, 15) is 0 Å². The van der Waals surface area contributed by atoms with Crippen LogP contribution in [0.25, 0.3) is 0 Å². The Bertz CT molecular complexity index is 414. The number of rotatable bonds is 4. The number of likely N-dealkylation sites (N-methyl/N-ethyl adjacent to an activating group) is 1. The summed E-state index contributed by atoms with van der Waals surface area (Å²) in [7, 11) is 2.12. The van der Waals surface area contributed by atoms with Crippen molar-refractivity contribution in [1.82, 2.24) is 20.1 Å². The summed E-state index contributed by atoms with van der Waals surface area (Å²) in [5, 5.41) is 12.3. The number of aromatic nitrogens is 3. The first-order valence-corrected chi connectivity index (χ1v) is 8.40. The minimum absolute atomic E-state index is 0.262. The zero-order valence-electron chi connectivity index (χ0n) is 12.8. The Morgan fingerprint density at radius 1 is 1.15 bits per heavy atom. The second-order valence-electron chi connectivity index (χ2n) is 6.71. The molecule has 112 valence electrons. The maximum Gasteiger partial charge on any atom is 0.134 e. The second kappa shape index (κ2) is 6.25. The molecule has 1 N–H and O–H groups in total. The van der Waals surface area contributed by atoms with Gasteiger partial charge in [-0.1, -0.05) is 38.5 Å². The lowest BCUT2D eigenvalue weighted by Crippen LogP contribution is -2.47. The van der Waals surface area contributed by atoms with Crippen LogP contribution in [0, 0.1) is 0 Å². The van der Waals surface area contributed by atoms with Crippen molar-refractivity contribution in [1.29, 1.82) is 0 Å². The lowest BCUT2D eigenvalue weighted by atomic mass is 9.79. The third kappa shape index (κ3) is 2.90. The molecule has 2 aliphatic rings. The molecular weight excluding hydrogens is 248 g/mol. The Balaban J connectivity index is 1.75. The fraction of sp³-hybridized carbons (Fsp3) is 0.875. The van der Waals surface area contributed by atoms with Gasteiger partial charge in [-0.25, -0.2) is 0 Å². The largest absolute Gasteiger partial charge is 0.314 e. The first-order chi connectivity index (χ1) is 9.83. The quantitative estimate of drug-likeness (QED) is 0.918. The molecule has 0 spiro atoms. The van der Waals surface area contributed by atoms with Crippen LogP contribution < -0.4 is 5.32 Å². The molecule has 0 aliphatic heterocycles. The van der Waals surface area contributed by atoms with Crippen molar-refractivity contribution in [2.75, 3.05) is 7.05 Å². The topological polar surface area (TPSA) is 42.7 Å². The molecule has 2 fully saturated rings. The average Bonchev–Trinajstić information content (AvgIpc) is 2.97. The molecule has 1 heterocycles. The van der Waals surface area contributed by atoms with E-state index in [-0.39, 0.29) is 5.54 Å². The van der Waals surface area contributed by atoms with Crippen molar-refractivity contribution in [2.24, 2.45) is 0 Å². The first-order valence-electron chi connectivity index (χ1n) is 8.40. The van der Waals surface area contributed by atoms with Crippen molar-refractivity contribution in [3.63, 3.8) is 0 Å². The van der Waals surface area contributed by atoms with E-state index in [0.717, 1.165) is 6.42 Å². The van der Waals surface area contributed by atoms with Crippen LogP contribution in [-0.4, -0.2) is 27.4 Å². The van der Waals surface area contributed by atoms with Gasteiger partial charge in [-0.3, -0.25) is 0 Å². The molecule has 0 aromatic carbocycles. The highest BCUT2D eigenvalue weighted by Gasteiger charge is 2.32. The highest BCUT2D eigenvalue weighted by atomic mass is 15.3. The van der Waals surface area contributed by atoms with Gasteiger partial charge in [0, 0.05) is 18.0 Å². The van der Waals surface area contributed by atoms with E-state index >= 15 is 0 Å². The van der Waals surface area contributed by atoms with Gasteiger partial charge in [0.1, 0.15) is 12.2 Å². The number of nitrogens with one attached hydrogen (secondary N) is 1. The lowest BCUT2D eigenvalue weighted by Gasteiger charge is -2.37. The van der Waals surface area contributed by atoms with E-state index in [4.69, 9.17) is 0 Å². The van der Waals surface area contributed by atoms with Crippen molar-refractivity contribution >= 4 is 0 Å². The Hall–Kier alpha value is -0.900. The molecule has 0 atom stereocenters. The molecule has 0 unspecified atom stereocenters. The maximum atomic E-state index is 4.45. The average molecular weight is 276 g/mol. The van der Waals surface area contributed by atoms with Crippen molar-refractivity contribution < 1.29 is 0 Å². The zero-order chi connectivity index (χ0) is 13.8. The summed E-state index contributed by atoms with van der Waals surface area (Å²) in [5.41, 5.74) is 0.262. The first kappa shape index (κ1) is 14.1. The summed E-state index contributed by atoms with van der Waals surface area (Å²) in [6, 6.07) is 0.645. The van der Waals surface area contributed by atoms with Crippen LogP contribution >= 0.6 is 0 Å². The summed E-state index contributed by atoms with van der Waals surface area (Å²) in [5.74, 6) is 1.20. The Morgan fingerprint density at radius 2 is 1.85 bits per heavy atom. The van der Waals surface area contributed by atoms with E-state index in [1.165, 1.54) is 70.0 Å². The second-order valence-corrected chi connectivity index (χ2v) is 6.71. The van der Waals surface area contributed by atoms with Gasteiger partial charge in [-0.2, -0.15) is 0 Å². The van der Waals surface area contributed by atoms with Crippen molar-refractivity contribution in [3.8, 4) is 0 Å². The van der Waals surface area contributed by atoms with Gasteiger partial charge in [0.15, 0.2) is 0 Å². The molecule has 2 saturated carbocycles. The molecule has 3 rings (SSSR count). The van der Waals surface area contributed by atoms with Crippen LogP contribution in [0.1, 0.15) is 76.1 Å². The van der Waals surface area contributed by atoms with Crippen molar-refractivity contribution in [3.05, 3.63) is 12.2 Å².